The van der Waals surface area contributed by atoms with E-state index in [2.05, 4.69) is 15.0 Å². The van der Waals surface area contributed by atoms with Crippen LogP contribution in [0.1, 0.15) is 0 Å². The Morgan fingerprint density at radius 2 is 2.25 bits per heavy atom. The second kappa shape index (κ2) is 1.91. The summed E-state index contributed by atoms with van der Waals surface area (Å²) in [6, 6.07) is 3.76. The van der Waals surface area contributed by atoms with Gasteiger partial charge in [0.15, 0.2) is 6.73 Å². The largest absolute Gasteiger partial charge is 0.469 e. The third kappa shape index (κ3) is 0.637. The molecule has 0 fully saturated rings. The van der Waals surface area contributed by atoms with Crippen LogP contribution in [0.3, 0.4) is 0 Å². The molecule has 0 N–H and O–H groups in total. The van der Waals surface area contributed by atoms with Crippen molar-refractivity contribution in [3.63, 3.8) is 0 Å². The first-order chi connectivity index (χ1) is 5.93. The second-order valence-corrected chi connectivity index (χ2v) is 2.61. The molecule has 4 heteroatoms. The SMILES string of the molecule is C1=Nc2cc3c(cc2=N1)OCN=3. The number of benzene rings is 1. The van der Waals surface area contributed by atoms with Crippen molar-refractivity contribution in [2.24, 2.45) is 15.0 Å². The molecule has 0 saturated heterocycles. The lowest BCUT2D eigenvalue weighted by Crippen LogP contribution is -2.07. The summed E-state index contributed by atoms with van der Waals surface area (Å²) in [7, 11) is 0. The summed E-state index contributed by atoms with van der Waals surface area (Å²) in [6.45, 7) is 0.419. The van der Waals surface area contributed by atoms with Crippen LogP contribution in [-0.4, -0.2) is 13.1 Å². The van der Waals surface area contributed by atoms with Crippen molar-refractivity contribution in [3.05, 3.63) is 22.8 Å². The van der Waals surface area contributed by atoms with Gasteiger partial charge in [-0.1, -0.05) is 0 Å². The van der Waals surface area contributed by atoms with E-state index >= 15 is 0 Å². The lowest BCUT2D eigenvalue weighted by atomic mass is 10.3. The average molecular weight is 159 g/mol. The van der Waals surface area contributed by atoms with Crippen LogP contribution < -0.4 is 15.5 Å². The molecule has 2 heterocycles. The van der Waals surface area contributed by atoms with Gasteiger partial charge in [0.1, 0.15) is 17.4 Å². The van der Waals surface area contributed by atoms with Crippen molar-refractivity contribution in [1.82, 2.24) is 0 Å². The van der Waals surface area contributed by atoms with Gasteiger partial charge in [0.05, 0.1) is 11.0 Å². The van der Waals surface area contributed by atoms with E-state index in [-0.39, 0.29) is 0 Å². The number of hydrogen-bond donors (Lipinski definition) is 0. The molecule has 1 aromatic rings. The zero-order chi connectivity index (χ0) is 7.97. The van der Waals surface area contributed by atoms with E-state index in [9.17, 15) is 0 Å². The molecule has 0 bridgehead atoms. The standard InChI is InChI=1S/C8H5N3O/c1-5-6(10-3-9-5)2-8-7(1)11-4-12-8/h1-3H,4H2. The van der Waals surface area contributed by atoms with Gasteiger partial charge < -0.3 is 4.74 Å². The minimum Gasteiger partial charge on any atom is -0.469 e. The Labute approximate surface area is 67.9 Å². The molecule has 12 heavy (non-hydrogen) atoms. The van der Waals surface area contributed by atoms with Crippen molar-refractivity contribution in [1.29, 1.82) is 0 Å². The van der Waals surface area contributed by atoms with Crippen LogP contribution in [-0.2, 0) is 0 Å². The fourth-order valence-corrected chi connectivity index (χ4v) is 1.32. The van der Waals surface area contributed by atoms with Gasteiger partial charge in [-0.2, -0.15) is 0 Å². The van der Waals surface area contributed by atoms with Crippen molar-refractivity contribution < 1.29 is 4.74 Å². The Bertz CT molecular complexity index is 490. The Kier molecular flexibility index (Phi) is 0.935. The van der Waals surface area contributed by atoms with E-state index in [1.807, 2.05) is 12.1 Å². The lowest BCUT2D eigenvalue weighted by molar-refractivity contribution is 0.352. The molecule has 0 aromatic heterocycles. The molecule has 2 aliphatic rings. The molecular weight excluding hydrogens is 154 g/mol. The van der Waals surface area contributed by atoms with Crippen LogP contribution in [0.5, 0.6) is 5.75 Å². The third-order valence-corrected chi connectivity index (χ3v) is 1.90. The maximum atomic E-state index is 5.24. The van der Waals surface area contributed by atoms with Gasteiger partial charge in [0, 0.05) is 6.07 Å². The molecule has 0 saturated carbocycles. The highest BCUT2D eigenvalue weighted by atomic mass is 16.5. The van der Waals surface area contributed by atoms with E-state index in [1.54, 1.807) is 6.34 Å². The number of fused-ring (bicyclic) bond motifs is 2. The van der Waals surface area contributed by atoms with Gasteiger partial charge in [-0.25, -0.2) is 15.0 Å². The molecule has 0 spiro atoms. The molecule has 3 rings (SSSR count). The Hall–Kier alpha value is -1.71. The number of rotatable bonds is 0. The molecule has 0 unspecified atom stereocenters. The average Bonchev–Trinajstić information content (AvgIpc) is 2.64. The van der Waals surface area contributed by atoms with Crippen molar-refractivity contribution in [2.75, 3.05) is 6.73 Å². The summed E-state index contributed by atoms with van der Waals surface area (Å²) in [4.78, 5) is 12.3. The Morgan fingerprint density at radius 1 is 1.25 bits per heavy atom. The molecule has 0 radical (unpaired) electrons. The van der Waals surface area contributed by atoms with E-state index < -0.39 is 0 Å². The molecule has 0 atom stereocenters. The summed E-state index contributed by atoms with van der Waals surface area (Å²) in [5.74, 6) is 0.808. The van der Waals surface area contributed by atoms with E-state index in [0.717, 1.165) is 22.2 Å². The van der Waals surface area contributed by atoms with Crippen LogP contribution in [0, 0.1) is 0 Å². The minimum absolute atomic E-state index is 0.419. The summed E-state index contributed by atoms with van der Waals surface area (Å²) in [5.41, 5.74) is 0.878. The first-order valence-electron chi connectivity index (χ1n) is 3.65. The molecule has 58 valence electrons. The second-order valence-electron chi connectivity index (χ2n) is 2.61. The minimum atomic E-state index is 0.419. The van der Waals surface area contributed by atoms with Crippen LogP contribution in [0.15, 0.2) is 27.1 Å². The van der Waals surface area contributed by atoms with Crippen molar-refractivity contribution in [3.8, 4) is 5.75 Å². The predicted molar refractivity (Wildman–Crippen MR) is 42.4 cm³/mol. The maximum Gasteiger partial charge on any atom is 0.180 e. The number of aliphatic imine (C=N–C) groups is 1. The summed E-state index contributed by atoms with van der Waals surface area (Å²) >= 11 is 0. The van der Waals surface area contributed by atoms with Crippen LogP contribution in [0.4, 0.5) is 5.69 Å². The fourth-order valence-electron chi connectivity index (χ4n) is 1.32. The predicted octanol–water partition coefficient (Wildman–Crippen LogP) is -0.0509. The molecule has 2 aliphatic heterocycles. The molecule has 4 nitrogen and oxygen atoms in total. The number of nitrogens with zero attached hydrogens (tertiary/aromatic N) is 3. The molecule has 1 aromatic carbocycles. The monoisotopic (exact) mass is 159 g/mol. The highest BCUT2D eigenvalue weighted by Gasteiger charge is 2.09. The van der Waals surface area contributed by atoms with E-state index in [4.69, 9.17) is 4.74 Å². The van der Waals surface area contributed by atoms with Crippen LogP contribution in [0.25, 0.3) is 0 Å². The van der Waals surface area contributed by atoms with Crippen LogP contribution in [0.2, 0.25) is 0 Å². The molecule has 0 amide bonds. The Balaban J connectivity index is 2.45. The van der Waals surface area contributed by atoms with Gasteiger partial charge in [-0.05, 0) is 6.07 Å². The quantitative estimate of drug-likeness (QED) is 0.523. The molecular formula is C8H5N3O. The smallest absolute Gasteiger partial charge is 0.180 e. The topological polar surface area (TPSA) is 46.3 Å². The zero-order valence-electron chi connectivity index (χ0n) is 6.19. The van der Waals surface area contributed by atoms with Gasteiger partial charge in [0.2, 0.25) is 0 Å². The van der Waals surface area contributed by atoms with Crippen molar-refractivity contribution >= 4 is 12.0 Å². The van der Waals surface area contributed by atoms with E-state index in [0.29, 0.717) is 6.73 Å². The summed E-state index contributed by atoms with van der Waals surface area (Å²) < 4.78 is 5.24. The van der Waals surface area contributed by atoms with Gasteiger partial charge in [-0.3, -0.25) is 0 Å². The fraction of sp³-hybridized carbons (Fsp3) is 0.125. The first kappa shape index (κ1) is 5.88. The Morgan fingerprint density at radius 3 is 3.25 bits per heavy atom. The van der Waals surface area contributed by atoms with Crippen LogP contribution >= 0.6 is 0 Å². The first-order valence-corrected chi connectivity index (χ1v) is 3.65. The normalized spacial score (nSPS) is 16.0. The van der Waals surface area contributed by atoms with Gasteiger partial charge in [-0.15, -0.1) is 0 Å². The zero-order valence-corrected chi connectivity index (χ0v) is 6.19. The highest BCUT2D eigenvalue weighted by Crippen LogP contribution is 2.11. The lowest BCUT2D eigenvalue weighted by Gasteiger charge is -1.93. The third-order valence-electron chi connectivity index (χ3n) is 1.90. The molecule has 0 aliphatic carbocycles. The van der Waals surface area contributed by atoms with E-state index in [1.165, 1.54) is 0 Å². The summed E-state index contributed by atoms with van der Waals surface area (Å²) in [5, 5.41) is 1.74. The number of ether oxygens (including phenoxy) is 1. The highest BCUT2D eigenvalue weighted by molar-refractivity contribution is 5.67. The van der Waals surface area contributed by atoms with Crippen molar-refractivity contribution in [2.45, 2.75) is 0 Å². The van der Waals surface area contributed by atoms with Gasteiger partial charge in [0.25, 0.3) is 0 Å². The van der Waals surface area contributed by atoms with Gasteiger partial charge >= 0.3 is 0 Å². The number of hydrogen-bond acceptors (Lipinski definition) is 4. The maximum absolute atomic E-state index is 5.24. The summed E-state index contributed by atoms with van der Waals surface area (Å²) in [6.07, 6.45) is 1.54.